The number of likely N-dealkylation sites (tertiary alicyclic amines) is 1. The average molecular weight is 389 g/mol. The number of amides is 1. The first-order chi connectivity index (χ1) is 12.9. The Morgan fingerprint density at radius 2 is 2.07 bits per heavy atom. The summed E-state index contributed by atoms with van der Waals surface area (Å²) >= 11 is 1.45. The minimum Gasteiger partial charge on any atom is -0.493 e. The molecular formula is C21H28N2O3S. The van der Waals surface area contributed by atoms with E-state index < -0.39 is 5.60 Å². The Hall–Kier alpha value is -1.92. The molecule has 1 atom stereocenters. The largest absolute Gasteiger partial charge is 0.493 e. The molecule has 0 saturated carbocycles. The minimum atomic E-state index is -0.484. The zero-order chi connectivity index (χ0) is 19.4. The Morgan fingerprint density at radius 3 is 2.78 bits per heavy atom. The third kappa shape index (κ3) is 4.68. The number of benzene rings is 1. The number of carbonyl (C=O) groups is 1. The molecule has 2 aromatic rings. The van der Waals surface area contributed by atoms with Crippen molar-refractivity contribution >= 4 is 17.2 Å². The summed E-state index contributed by atoms with van der Waals surface area (Å²) in [5.41, 5.74) is 0.301. The lowest BCUT2D eigenvalue weighted by atomic mass is 9.98. The second-order valence-corrected chi connectivity index (χ2v) is 8.53. The highest BCUT2D eigenvalue weighted by Crippen LogP contribution is 2.31. The van der Waals surface area contributed by atoms with Crippen molar-refractivity contribution in [3.05, 3.63) is 45.9 Å². The molecule has 1 aromatic heterocycles. The monoisotopic (exact) mass is 388 g/mol. The number of methoxy groups -OCH3 is 1. The molecule has 0 radical (unpaired) electrons. The van der Waals surface area contributed by atoms with E-state index in [1.54, 1.807) is 7.11 Å². The predicted octanol–water partition coefficient (Wildman–Crippen LogP) is 4.26. The van der Waals surface area contributed by atoms with Gasteiger partial charge in [-0.25, -0.2) is 4.98 Å². The lowest BCUT2D eigenvalue weighted by Crippen LogP contribution is -2.41. The molecule has 1 fully saturated rings. The van der Waals surface area contributed by atoms with Crippen LogP contribution in [0.4, 0.5) is 0 Å². The topological polar surface area (TPSA) is 51.7 Å². The van der Waals surface area contributed by atoms with Crippen LogP contribution in [0.15, 0.2) is 30.3 Å². The number of rotatable bonds is 6. The zero-order valence-electron chi connectivity index (χ0n) is 16.5. The van der Waals surface area contributed by atoms with Crippen LogP contribution in [-0.4, -0.2) is 42.6 Å². The highest BCUT2D eigenvalue weighted by molar-refractivity contribution is 7.14. The van der Waals surface area contributed by atoms with Crippen molar-refractivity contribution in [3.8, 4) is 5.75 Å². The maximum absolute atomic E-state index is 13.1. The highest BCUT2D eigenvalue weighted by Gasteiger charge is 2.31. The van der Waals surface area contributed by atoms with Gasteiger partial charge in [0.15, 0.2) is 0 Å². The van der Waals surface area contributed by atoms with Crippen molar-refractivity contribution in [2.75, 3.05) is 26.8 Å². The van der Waals surface area contributed by atoms with Crippen LogP contribution in [0.3, 0.4) is 0 Å². The molecule has 0 N–H and O–H groups in total. The molecule has 1 saturated heterocycles. The highest BCUT2D eigenvalue weighted by atomic mass is 32.1. The first-order valence-electron chi connectivity index (χ1n) is 9.41. The maximum Gasteiger partial charge on any atom is 0.265 e. The van der Waals surface area contributed by atoms with Gasteiger partial charge in [-0.05, 0) is 45.7 Å². The predicted molar refractivity (Wildman–Crippen MR) is 107 cm³/mol. The number of aromatic nitrogens is 1. The van der Waals surface area contributed by atoms with Crippen LogP contribution in [-0.2, 0) is 10.3 Å². The third-order valence-electron chi connectivity index (χ3n) is 5.05. The van der Waals surface area contributed by atoms with Gasteiger partial charge >= 0.3 is 0 Å². The number of ether oxygens (including phenoxy) is 2. The molecule has 0 bridgehead atoms. The molecule has 1 aliphatic rings. The Labute approximate surface area is 165 Å². The molecule has 1 aliphatic heterocycles. The van der Waals surface area contributed by atoms with E-state index >= 15 is 0 Å². The van der Waals surface area contributed by atoms with Crippen LogP contribution in [0.1, 0.15) is 47.1 Å². The van der Waals surface area contributed by atoms with E-state index in [2.05, 4.69) is 4.98 Å². The molecule has 0 aliphatic carbocycles. The number of piperidine rings is 1. The molecule has 1 aromatic carbocycles. The summed E-state index contributed by atoms with van der Waals surface area (Å²) in [4.78, 5) is 20.3. The Kier molecular flexibility index (Phi) is 6.17. The number of para-hydroxylation sites is 1. The molecule has 146 valence electrons. The van der Waals surface area contributed by atoms with Gasteiger partial charge in [-0.3, -0.25) is 4.79 Å². The number of hydrogen-bond acceptors (Lipinski definition) is 5. The van der Waals surface area contributed by atoms with Gasteiger partial charge in [0.1, 0.15) is 21.2 Å². The standard InChI is InChI=1S/C21H28N2O3S/c1-15-18(27-20(22-15)21(2,3)25-4)19(24)23-12-8-9-16(13-23)14-26-17-10-6-5-7-11-17/h5-7,10-11,16H,8-9,12-14H2,1-4H3. The van der Waals surface area contributed by atoms with E-state index in [1.165, 1.54) is 11.3 Å². The second-order valence-electron chi connectivity index (χ2n) is 7.53. The van der Waals surface area contributed by atoms with Gasteiger partial charge in [0.2, 0.25) is 0 Å². The molecule has 5 nitrogen and oxygen atoms in total. The lowest BCUT2D eigenvalue weighted by Gasteiger charge is -2.32. The van der Waals surface area contributed by atoms with Crippen molar-refractivity contribution in [1.29, 1.82) is 0 Å². The smallest absolute Gasteiger partial charge is 0.265 e. The Balaban J connectivity index is 1.65. The number of thiazole rings is 1. The molecular weight excluding hydrogens is 360 g/mol. The van der Waals surface area contributed by atoms with E-state index in [0.717, 1.165) is 47.3 Å². The summed E-state index contributed by atoms with van der Waals surface area (Å²) in [5.74, 6) is 1.31. The average Bonchev–Trinajstić information content (AvgIpc) is 3.09. The molecule has 27 heavy (non-hydrogen) atoms. The van der Waals surface area contributed by atoms with E-state index in [1.807, 2.05) is 56.0 Å². The first kappa shape index (κ1) is 19.8. The van der Waals surface area contributed by atoms with Crippen LogP contribution in [0.2, 0.25) is 0 Å². The van der Waals surface area contributed by atoms with Gasteiger partial charge in [0.25, 0.3) is 5.91 Å². The van der Waals surface area contributed by atoms with Gasteiger partial charge in [-0.2, -0.15) is 0 Å². The van der Waals surface area contributed by atoms with Crippen LogP contribution in [0, 0.1) is 12.8 Å². The number of carbonyl (C=O) groups excluding carboxylic acids is 1. The van der Waals surface area contributed by atoms with Crippen LogP contribution < -0.4 is 4.74 Å². The fourth-order valence-corrected chi connectivity index (χ4v) is 4.31. The summed E-state index contributed by atoms with van der Waals surface area (Å²) in [7, 11) is 1.67. The summed E-state index contributed by atoms with van der Waals surface area (Å²) in [6.07, 6.45) is 2.09. The van der Waals surface area contributed by atoms with E-state index in [9.17, 15) is 4.79 Å². The van der Waals surface area contributed by atoms with Crippen molar-refractivity contribution < 1.29 is 14.3 Å². The van der Waals surface area contributed by atoms with Crippen molar-refractivity contribution in [1.82, 2.24) is 9.88 Å². The lowest BCUT2D eigenvalue weighted by molar-refractivity contribution is 0.0189. The zero-order valence-corrected chi connectivity index (χ0v) is 17.3. The third-order valence-corrected chi connectivity index (χ3v) is 6.50. The Bertz CT molecular complexity index is 773. The molecule has 3 rings (SSSR count). The van der Waals surface area contributed by atoms with Gasteiger partial charge < -0.3 is 14.4 Å². The van der Waals surface area contributed by atoms with Gasteiger partial charge in [0, 0.05) is 26.1 Å². The molecule has 2 heterocycles. The van der Waals surface area contributed by atoms with E-state index in [4.69, 9.17) is 9.47 Å². The fraction of sp³-hybridized carbons (Fsp3) is 0.524. The Morgan fingerprint density at radius 1 is 1.33 bits per heavy atom. The van der Waals surface area contributed by atoms with Crippen molar-refractivity contribution in [2.45, 2.75) is 39.2 Å². The second kappa shape index (κ2) is 8.40. The molecule has 6 heteroatoms. The van der Waals surface area contributed by atoms with Gasteiger partial charge in [-0.1, -0.05) is 18.2 Å². The fourth-order valence-electron chi connectivity index (χ4n) is 3.20. The minimum absolute atomic E-state index is 0.0764. The van der Waals surface area contributed by atoms with E-state index in [-0.39, 0.29) is 5.91 Å². The van der Waals surface area contributed by atoms with Crippen molar-refractivity contribution in [3.63, 3.8) is 0 Å². The summed E-state index contributed by atoms with van der Waals surface area (Å²) in [6.45, 7) is 8.00. The van der Waals surface area contributed by atoms with Crippen LogP contribution >= 0.6 is 11.3 Å². The van der Waals surface area contributed by atoms with Crippen LogP contribution in [0.5, 0.6) is 5.75 Å². The van der Waals surface area contributed by atoms with Gasteiger partial charge in [0.05, 0.1) is 12.3 Å². The van der Waals surface area contributed by atoms with E-state index in [0.29, 0.717) is 12.5 Å². The molecule has 0 spiro atoms. The molecule has 1 amide bonds. The maximum atomic E-state index is 13.1. The number of nitrogens with zero attached hydrogens (tertiary/aromatic N) is 2. The van der Waals surface area contributed by atoms with Crippen LogP contribution in [0.25, 0.3) is 0 Å². The quantitative estimate of drug-likeness (QED) is 0.742. The normalized spacial score (nSPS) is 17.8. The molecule has 1 unspecified atom stereocenters. The summed E-state index contributed by atoms with van der Waals surface area (Å²) < 4.78 is 11.4. The first-order valence-corrected chi connectivity index (χ1v) is 10.2. The number of hydrogen-bond donors (Lipinski definition) is 0. The summed E-state index contributed by atoms with van der Waals surface area (Å²) in [6, 6.07) is 9.84. The van der Waals surface area contributed by atoms with Gasteiger partial charge in [-0.15, -0.1) is 11.3 Å². The SMILES string of the molecule is COC(C)(C)c1nc(C)c(C(=O)N2CCCC(COc3ccccc3)C2)s1. The number of aryl methyl sites for hydroxylation is 1. The van der Waals surface area contributed by atoms with Crippen molar-refractivity contribution in [2.24, 2.45) is 5.92 Å². The summed E-state index contributed by atoms with van der Waals surface area (Å²) in [5, 5.41) is 0.840.